The smallest absolute Gasteiger partial charge is 0.224 e. The number of rotatable bonds is 4. The topological polar surface area (TPSA) is 49.3 Å². The van der Waals surface area contributed by atoms with Crippen molar-refractivity contribution in [2.75, 3.05) is 0 Å². The number of aryl methyl sites for hydroxylation is 1. The lowest BCUT2D eigenvalue weighted by atomic mass is 10.0. The van der Waals surface area contributed by atoms with Crippen molar-refractivity contribution in [3.8, 4) is 0 Å². The molecule has 1 aliphatic rings. The third-order valence-corrected chi connectivity index (χ3v) is 4.28. The minimum atomic E-state index is -0.539. The molecule has 0 saturated carbocycles. The Bertz CT molecular complexity index is 681. The van der Waals surface area contributed by atoms with Crippen LogP contribution in [0.5, 0.6) is 0 Å². The summed E-state index contributed by atoms with van der Waals surface area (Å²) in [6.07, 6.45) is 1.37. The first-order chi connectivity index (χ1) is 10.7. The second-order valence-corrected chi connectivity index (χ2v) is 5.87. The number of aliphatic hydroxyl groups is 1. The van der Waals surface area contributed by atoms with E-state index in [1.807, 2.05) is 36.4 Å². The molecule has 0 fully saturated rings. The van der Waals surface area contributed by atoms with Crippen molar-refractivity contribution in [1.82, 2.24) is 5.32 Å². The second-order valence-electron chi connectivity index (χ2n) is 5.87. The van der Waals surface area contributed by atoms with E-state index in [-0.39, 0.29) is 11.9 Å². The van der Waals surface area contributed by atoms with Gasteiger partial charge in [-0.05, 0) is 28.7 Å². The molecule has 3 heteroatoms. The molecule has 0 heterocycles. The van der Waals surface area contributed by atoms with Crippen LogP contribution in [-0.2, 0) is 24.1 Å². The van der Waals surface area contributed by atoms with Gasteiger partial charge >= 0.3 is 0 Å². The van der Waals surface area contributed by atoms with Gasteiger partial charge in [0.25, 0.3) is 0 Å². The van der Waals surface area contributed by atoms with Gasteiger partial charge in [0.05, 0.1) is 18.6 Å². The summed E-state index contributed by atoms with van der Waals surface area (Å²) in [6, 6.07) is 15.7. The highest BCUT2D eigenvalue weighted by Crippen LogP contribution is 2.31. The maximum Gasteiger partial charge on any atom is 0.224 e. The van der Waals surface area contributed by atoms with Crippen molar-refractivity contribution in [2.45, 2.75) is 38.3 Å². The average Bonchev–Trinajstić information content (AvgIpc) is 2.83. The molecule has 2 aromatic rings. The molecule has 2 unspecified atom stereocenters. The monoisotopic (exact) mass is 295 g/mol. The Morgan fingerprint density at radius 2 is 1.95 bits per heavy atom. The summed E-state index contributed by atoms with van der Waals surface area (Å²) < 4.78 is 0. The van der Waals surface area contributed by atoms with Crippen LogP contribution in [0.2, 0.25) is 0 Å². The standard InChI is InChI=1S/C19H21NO2/c1-2-13-6-5-7-14(10-13)11-18(22)20-19-16-9-4-3-8-15(16)12-17(19)21/h3-10,17,19,21H,2,11-12H2,1H3,(H,20,22). The summed E-state index contributed by atoms with van der Waals surface area (Å²) in [4.78, 5) is 12.3. The molecule has 114 valence electrons. The molecule has 0 bridgehead atoms. The van der Waals surface area contributed by atoms with Crippen molar-refractivity contribution in [3.63, 3.8) is 0 Å². The molecule has 0 saturated heterocycles. The van der Waals surface area contributed by atoms with E-state index in [1.165, 1.54) is 5.56 Å². The Kier molecular flexibility index (Phi) is 4.25. The van der Waals surface area contributed by atoms with Gasteiger partial charge in [-0.2, -0.15) is 0 Å². The number of carbonyl (C=O) groups excluding carboxylic acids is 1. The highest BCUT2D eigenvalue weighted by Gasteiger charge is 2.31. The van der Waals surface area contributed by atoms with Gasteiger partial charge in [-0.25, -0.2) is 0 Å². The van der Waals surface area contributed by atoms with Gasteiger partial charge in [0, 0.05) is 6.42 Å². The minimum Gasteiger partial charge on any atom is -0.390 e. The first-order valence-corrected chi connectivity index (χ1v) is 7.80. The van der Waals surface area contributed by atoms with Gasteiger partial charge in [-0.15, -0.1) is 0 Å². The summed E-state index contributed by atoms with van der Waals surface area (Å²) in [5, 5.41) is 13.2. The van der Waals surface area contributed by atoms with Crippen molar-refractivity contribution in [1.29, 1.82) is 0 Å². The first kappa shape index (κ1) is 14.8. The number of aliphatic hydroxyl groups excluding tert-OH is 1. The Labute approximate surface area is 131 Å². The summed E-state index contributed by atoms with van der Waals surface area (Å²) >= 11 is 0. The number of nitrogens with one attached hydrogen (secondary N) is 1. The molecular weight excluding hydrogens is 274 g/mol. The fourth-order valence-electron chi connectivity index (χ4n) is 3.12. The summed E-state index contributed by atoms with van der Waals surface area (Å²) in [6.45, 7) is 2.10. The normalized spacial score (nSPS) is 19.7. The van der Waals surface area contributed by atoms with Gasteiger partial charge in [0.1, 0.15) is 0 Å². The van der Waals surface area contributed by atoms with Crippen LogP contribution in [0.3, 0.4) is 0 Å². The van der Waals surface area contributed by atoms with Crippen LogP contribution >= 0.6 is 0 Å². The lowest BCUT2D eigenvalue weighted by molar-refractivity contribution is -0.121. The van der Waals surface area contributed by atoms with Crippen LogP contribution in [0, 0.1) is 0 Å². The molecule has 1 amide bonds. The molecule has 22 heavy (non-hydrogen) atoms. The Morgan fingerprint density at radius 1 is 1.18 bits per heavy atom. The summed E-state index contributed by atoms with van der Waals surface area (Å²) in [7, 11) is 0. The molecule has 2 N–H and O–H groups in total. The van der Waals surface area contributed by atoms with Crippen LogP contribution in [0.1, 0.15) is 35.2 Å². The highest BCUT2D eigenvalue weighted by molar-refractivity contribution is 5.79. The lowest BCUT2D eigenvalue weighted by Crippen LogP contribution is -2.34. The predicted octanol–water partition coefficient (Wildman–Crippen LogP) is 2.57. The molecule has 0 aromatic heterocycles. The average molecular weight is 295 g/mol. The van der Waals surface area contributed by atoms with Gasteiger partial charge in [-0.1, -0.05) is 55.5 Å². The van der Waals surface area contributed by atoms with Gasteiger partial charge in [-0.3, -0.25) is 4.79 Å². The lowest BCUT2D eigenvalue weighted by Gasteiger charge is -2.18. The molecule has 2 aromatic carbocycles. The van der Waals surface area contributed by atoms with Crippen LogP contribution in [0.15, 0.2) is 48.5 Å². The van der Waals surface area contributed by atoms with Crippen LogP contribution in [-0.4, -0.2) is 17.1 Å². The fourth-order valence-corrected chi connectivity index (χ4v) is 3.12. The zero-order valence-electron chi connectivity index (χ0n) is 12.8. The molecule has 1 aliphatic carbocycles. The molecule has 3 rings (SSSR count). The van der Waals surface area contributed by atoms with E-state index in [9.17, 15) is 9.90 Å². The maximum absolute atomic E-state index is 12.3. The molecular formula is C19H21NO2. The predicted molar refractivity (Wildman–Crippen MR) is 86.6 cm³/mol. The summed E-state index contributed by atoms with van der Waals surface area (Å²) in [5.41, 5.74) is 4.40. The zero-order chi connectivity index (χ0) is 15.5. The van der Waals surface area contributed by atoms with Gasteiger partial charge in [0.2, 0.25) is 5.91 Å². The van der Waals surface area contributed by atoms with Gasteiger partial charge in [0.15, 0.2) is 0 Å². The van der Waals surface area contributed by atoms with Crippen LogP contribution < -0.4 is 5.32 Å². The molecule has 2 atom stereocenters. The number of carbonyl (C=O) groups is 1. The minimum absolute atomic E-state index is 0.0472. The quantitative estimate of drug-likeness (QED) is 0.911. The molecule has 0 aliphatic heterocycles. The van der Waals surface area contributed by atoms with Crippen LogP contribution in [0.4, 0.5) is 0 Å². The van der Waals surface area contributed by atoms with E-state index >= 15 is 0 Å². The third kappa shape index (κ3) is 3.04. The maximum atomic E-state index is 12.3. The van der Waals surface area contributed by atoms with E-state index in [0.717, 1.165) is 23.1 Å². The van der Waals surface area contributed by atoms with Crippen LogP contribution in [0.25, 0.3) is 0 Å². The molecule has 3 nitrogen and oxygen atoms in total. The van der Waals surface area contributed by atoms with E-state index in [4.69, 9.17) is 0 Å². The van der Waals surface area contributed by atoms with E-state index in [2.05, 4.69) is 24.4 Å². The number of amides is 1. The zero-order valence-corrected chi connectivity index (χ0v) is 12.8. The third-order valence-electron chi connectivity index (χ3n) is 4.28. The largest absolute Gasteiger partial charge is 0.390 e. The van der Waals surface area contributed by atoms with Crippen molar-refractivity contribution >= 4 is 5.91 Å². The Hall–Kier alpha value is -2.13. The van der Waals surface area contributed by atoms with Gasteiger partial charge < -0.3 is 10.4 Å². The fraction of sp³-hybridized carbons (Fsp3) is 0.316. The number of hydrogen-bond acceptors (Lipinski definition) is 2. The van der Waals surface area contributed by atoms with E-state index in [1.54, 1.807) is 0 Å². The van der Waals surface area contributed by atoms with Crippen molar-refractivity contribution in [3.05, 3.63) is 70.8 Å². The highest BCUT2D eigenvalue weighted by atomic mass is 16.3. The second kappa shape index (κ2) is 6.32. The summed E-state index contributed by atoms with van der Waals surface area (Å²) in [5.74, 6) is -0.0472. The Balaban J connectivity index is 1.69. The number of benzene rings is 2. The molecule has 0 radical (unpaired) electrons. The first-order valence-electron chi connectivity index (χ1n) is 7.80. The number of fused-ring (bicyclic) bond motifs is 1. The van der Waals surface area contributed by atoms with E-state index < -0.39 is 6.10 Å². The van der Waals surface area contributed by atoms with E-state index in [0.29, 0.717) is 12.8 Å². The molecule has 0 spiro atoms. The Morgan fingerprint density at radius 3 is 2.77 bits per heavy atom. The van der Waals surface area contributed by atoms with Crippen molar-refractivity contribution < 1.29 is 9.90 Å². The number of hydrogen-bond donors (Lipinski definition) is 2. The SMILES string of the molecule is CCc1cccc(CC(=O)NC2c3ccccc3CC2O)c1. The van der Waals surface area contributed by atoms with Crippen molar-refractivity contribution in [2.24, 2.45) is 0 Å².